The number of benzene rings is 2. The van der Waals surface area contributed by atoms with Crippen molar-refractivity contribution in [2.45, 2.75) is 38.3 Å². The lowest BCUT2D eigenvalue weighted by Gasteiger charge is -2.18. The Kier molecular flexibility index (Phi) is 8.61. The highest BCUT2D eigenvalue weighted by atomic mass is 35.5. The molecule has 0 radical (unpaired) electrons. The Labute approximate surface area is 188 Å². The van der Waals surface area contributed by atoms with Gasteiger partial charge in [-0.15, -0.1) is 0 Å². The molecular formula is C22H27ClN2O5S. The maximum atomic E-state index is 12.9. The molecule has 2 rings (SSSR count). The lowest BCUT2D eigenvalue weighted by Crippen LogP contribution is -2.38. The SMILES string of the molecule is CC(C)[C@H](C)NC(=O)COC(=O)c1cc(S(=O)(=O)N(C)Cc2ccccc2)ccc1Cl. The number of sulfonamides is 1. The molecule has 31 heavy (non-hydrogen) atoms. The van der Waals surface area contributed by atoms with Crippen molar-refractivity contribution in [1.82, 2.24) is 9.62 Å². The van der Waals surface area contributed by atoms with Crippen molar-refractivity contribution >= 4 is 33.5 Å². The van der Waals surface area contributed by atoms with Crippen molar-refractivity contribution in [3.05, 3.63) is 64.7 Å². The molecular weight excluding hydrogens is 440 g/mol. The minimum absolute atomic E-state index is 0.0330. The second-order valence-corrected chi connectivity index (χ2v) is 10.0. The lowest BCUT2D eigenvalue weighted by atomic mass is 10.1. The predicted molar refractivity (Wildman–Crippen MR) is 119 cm³/mol. The zero-order valence-corrected chi connectivity index (χ0v) is 19.5. The zero-order valence-electron chi connectivity index (χ0n) is 18.0. The van der Waals surface area contributed by atoms with E-state index in [0.717, 1.165) is 11.6 Å². The summed E-state index contributed by atoms with van der Waals surface area (Å²) < 4.78 is 32.1. The van der Waals surface area contributed by atoms with E-state index in [1.54, 1.807) is 0 Å². The number of hydrogen-bond donors (Lipinski definition) is 1. The predicted octanol–water partition coefficient (Wildman–Crippen LogP) is 3.48. The first-order chi connectivity index (χ1) is 14.5. The van der Waals surface area contributed by atoms with E-state index in [-0.39, 0.29) is 34.0 Å². The molecule has 1 amide bonds. The van der Waals surface area contributed by atoms with Crippen molar-refractivity contribution in [1.29, 1.82) is 0 Å². The van der Waals surface area contributed by atoms with E-state index >= 15 is 0 Å². The summed E-state index contributed by atoms with van der Waals surface area (Å²) >= 11 is 6.08. The summed E-state index contributed by atoms with van der Waals surface area (Å²) in [5.41, 5.74) is 0.698. The Hall–Kier alpha value is -2.42. The Morgan fingerprint density at radius 2 is 1.74 bits per heavy atom. The second-order valence-electron chi connectivity index (χ2n) is 7.56. The van der Waals surface area contributed by atoms with Crippen LogP contribution in [0, 0.1) is 5.92 Å². The number of carbonyl (C=O) groups is 2. The summed E-state index contributed by atoms with van der Waals surface area (Å²) in [7, 11) is -2.43. The molecule has 168 valence electrons. The number of nitrogens with zero attached hydrogens (tertiary/aromatic N) is 1. The molecule has 0 saturated heterocycles. The average molecular weight is 467 g/mol. The van der Waals surface area contributed by atoms with Crippen LogP contribution >= 0.6 is 11.6 Å². The largest absolute Gasteiger partial charge is 0.452 e. The fraction of sp³-hybridized carbons (Fsp3) is 0.364. The van der Waals surface area contributed by atoms with E-state index in [9.17, 15) is 18.0 Å². The normalized spacial score (nSPS) is 12.6. The molecule has 0 saturated carbocycles. The first-order valence-electron chi connectivity index (χ1n) is 9.78. The molecule has 0 spiro atoms. The minimum Gasteiger partial charge on any atom is -0.452 e. The number of esters is 1. The molecule has 2 aromatic rings. The fourth-order valence-corrected chi connectivity index (χ4v) is 3.98. The number of ether oxygens (including phenoxy) is 1. The Bertz CT molecular complexity index is 1030. The van der Waals surface area contributed by atoms with Crippen LogP contribution in [-0.2, 0) is 26.1 Å². The molecule has 0 aliphatic carbocycles. The summed E-state index contributed by atoms with van der Waals surface area (Å²) in [6.07, 6.45) is 0. The quantitative estimate of drug-likeness (QED) is 0.571. The second kappa shape index (κ2) is 10.7. The zero-order chi connectivity index (χ0) is 23.2. The Morgan fingerprint density at radius 1 is 1.10 bits per heavy atom. The molecule has 2 aromatic carbocycles. The maximum absolute atomic E-state index is 12.9. The van der Waals surface area contributed by atoms with Gasteiger partial charge in [0.1, 0.15) is 0 Å². The van der Waals surface area contributed by atoms with Crippen LogP contribution in [0.15, 0.2) is 53.4 Å². The number of hydrogen-bond acceptors (Lipinski definition) is 5. The Balaban J connectivity index is 2.13. The van der Waals surface area contributed by atoms with Gasteiger partial charge in [0.15, 0.2) is 6.61 Å². The highest BCUT2D eigenvalue weighted by molar-refractivity contribution is 7.89. The van der Waals surface area contributed by atoms with Crippen LogP contribution < -0.4 is 5.32 Å². The van der Waals surface area contributed by atoms with Crippen LogP contribution in [-0.4, -0.2) is 44.3 Å². The number of rotatable bonds is 9. The molecule has 0 heterocycles. The van der Waals surface area contributed by atoms with Crippen molar-refractivity contribution < 1.29 is 22.7 Å². The van der Waals surface area contributed by atoms with Gasteiger partial charge >= 0.3 is 5.97 Å². The standard InChI is InChI=1S/C22H27ClN2O5S/c1-15(2)16(3)24-21(26)14-30-22(27)19-12-18(10-11-20(19)23)31(28,29)25(4)13-17-8-6-5-7-9-17/h5-12,15-16H,13-14H2,1-4H3,(H,24,26)/t16-/m0/s1. The van der Waals surface area contributed by atoms with Crippen LogP contribution in [0.5, 0.6) is 0 Å². The van der Waals surface area contributed by atoms with Gasteiger partial charge in [0.2, 0.25) is 10.0 Å². The highest BCUT2D eigenvalue weighted by Gasteiger charge is 2.24. The summed E-state index contributed by atoms with van der Waals surface area (Å²) in [6, 6.07) is 12.9. The Morgan fingerprint density at radius 3 is 2.35 bits per heavy atom. The van der Waals surface area contributed by atoms with Crippen molar-refractivity contribution in [3.63, 3.8) is 0 Å². The monoisotopic (exact) mass is 466 g/mol. The summed E-state index contributed by atoms with van der Waals surface area (Å²) in [6.45, 7) is 5.44. The number of nitrogens with one attached hydrogen (secondary N) is 1. The molecule has 7 nitrogen and oxygen atoms in total. The van der Waals surface area contributed by atoms with Crippen molar-refractivity contribution in [2.75, 3.05) is 13.7 Å². The van der Waals surface area contributed by atoms with Crippen LogP contribution in [0.3, 0.4) is 0 Å². The van der Waals surface area contributed by atoms with Crippen molar-refractivity contribution in [2.24, 2.45) is 5.92 Å². The lowest BCUT2D eigenvalue weighted by molar-refractivity contribution is -0.125. The van der Waals surface area contributed by atoms with Gasteiger partial charge in [0, 0.05) is 19.6 Å². The van der Waals surface area contributed by atoms with Crippen LogP contribution in [0.1, 0.15) is 36.7 Å². The summed E-state index contributed by atoms with van der Waals surface area (Å²) in [5.74, 6) is -1.10. The number of halogens is 1. The number of amides is 1. The molecule has 0 bridgehead atoms. The average Bonchev–Trinajstić information content (AvgIpc) is 2.72. The van der Waals surface area contributed by atoms with Crippen LogP contribution in [0.25, 0.3) is 0 Å². The third-order valence-electron chi connectivity index (χ3n) is 4.84. The van der Waals surface area contributed by atoms with Gasteiger partial charge < -0.3 is 10.1 Å². The van der Waals surface area contributed by atoms with Crippen LogP contribution in [0.4, 0.5) is 0 Å². The van der Waals surface area contributed by atoms with Gasteiger partial charge in [-0.05, 0) is 36.6 Å². The molecule has 0 aliphatic rings. The van der Waals surface area contributed by atoms with Gasteiger partial charge in [-0.1, -0.05) is 55.8 Å². The van der Waals surface area contributed by atoms with Gasteiger partial charge in [0.05, 0.1) is 15.5 Å². The van der Waals surface area contributed by atoms with Gasteiger partial charge in [-0.2, -0.15) is 4.31 Å². The van der Waals surface area contributed by atoms with E-state index < -0.39 is 28.5 Å². The maximum Gasteiger partial charge on any atom is 0.340 e. The minimum atomic E-state index is -3.88. The molecule has 0 aliphatic heterocycles. The molecule has 1 atom stereocenters. The van der Waals surface area contributed by atoms with E-state index in [0.29, 0.717) is 0 Å². The topological polar surface area (TPSA) is 92.8 Å². The first kappa shape index (κ1) is 24.8. The van der Waals surface area contributed by atoms with Crippen LogP contribution in [0.2, 0.25) is 5.02 Å². The van der Waals surface area contributed by atoms with Gasteiger partial charge in [-0.25, -0.2) is 13.2 Å². The molecule has 0 aromatic heterocycles. The van der Waals surface area contributed by atoms with E-state index in [1.807, 2.05) is 51.1 Å². The van der Waals surface area contributed by atoms with Gasteiger partial charge in [-0.3, -0.25) is 4.79 Å². The molecule has 0 fully saturated rings. The third-order valence-corrected chi connectivity index (χ3v) is 6.97. The van der Waals surface area contributed by atoms with E-state index in [1.165, 1.54) is 23.5 Å². The van der Waals surface area contributed by atoms with E-state index in [2.05, 4.69) is 5.32 Å². The third kappa shape index (κ3) is 6.78. The smallest absolute Gasteiger partial charge is 0.340 e. The summed E-state index contributed by atoms with van der Waals surface area (Å²) in [5, 5.41) is 2.76. The number of carbonyl (C=O) groups excluding carboxylic acids is 2. The molecule has 0 unspecified atom stereocenters. The van der Waals surface area contributed by atoms with E-state index in [4.69, 9.17) is 16.3 Å². The highest BCUT2D eigenvalue weighted by Crippen LogP contribution is 2.24. The van der Waals surface area contributed by atoms with Crippen molar-refractivity contribution in [3.8, 4) is 0 Å². The fourth-order valence-electron chi connectivity index (χ4n) is 2.60. The first-order valence-corrected chi connectivity index (χ1v) is 11.6. The molecule has 1 N–H and O–H groups in total. The summed E-state index contributed by atoms with van der Waals surface area (Å²) in [4.78, 5) is 24.3. The molecule has 9 heteroatoms. The van der Waals surface area contributed by atoms with Gasteiger partial charge in [0.25, 0.3) is 5.91 Å².